The van der Waals surface area contributed by atoms with Crippen molar-refractivity contribution in [3.05, 3.63) is 59.7 Å². The first-order chi connectivity index (χ1) is 14.1. The summed E-state index contributed by atoms with van der Waals surface area (Å²) in [4.78, 5) is 26.8. The molecule has 0 aromatic heterocycles. The second-order valence-electron chi connectivity index (χ2n) is 7.27. The Bertz CT molecular complexity index is 830. The SMILES string of the molecule is COc1ccc(C(=O)N2CCC(CNC(=O)Cc3ccccc3)CC2)cc1OC. The predicted molar refractivity (Wildman–Crippen MR) is 111 cm³/mol. The molecule has 1 aliphatic heterocycles. The third-order valence-corrected chi connectivity index (χ3v) is 5.33. The largest absolute Gasteiger partial charge is 0.493 e. The molecule has 0 atom stereocenters. The highest BCUT2D eigenvalue weighted by Gasteiger charge is 2.24. The topological polar surface area (TPSA) is 67.9 Å². The maximum absolute atomic E-state index is 12.8. The van der Waals surface area contributed by atoms with Crippen LogP contribution in [0.15, 0.2) is 48.5 Å². The van der Waals surface area contributed by atoms with Crippen LogP contribution in [0.2, 0.25) is 0 Å². The van der Waals surface area contributed by atoms with Gasteiger partial charge in [-0.1, -0.05) is 30.3 Å². The molecular formula is C23H28N2O4. The lowest BCUT2D eigenvalue weighted by Crippen LogP contribution is -2.41. The molecule has 29 heavy (non-hydrogen) atoms. The molecule has 0 saturated carbocycles. The van der Waals surface area contributed by atoms with Crippen LogP contribution >= 0.6 is 0 Å². The molecule has 6 nitrogen and oxygen atoms in total. The Kier molecular flexibility index (Phi) is 7.11. The van der Waals surface area contributed by atoms with Crippen LogP contribution in [0.3, 0.4) is 0 Å². The number of nitrogens with one attached hydrogen (secondary N) is 1. The van der Waals surface area contributed by atoms with E-state index in [0.717, 1.165) is 18.4 Å². The van der Waals surface area contributed by atoms with E-state index >= 15 is 0 Å². The molecule has 3 rings (SSSR count). The lowest BCUT2D eigenvalue weighted by molar-refractivity contribution is -0.120. The highest BCUT2D eigenvalue weighted by atomic mass is 16.5. The highest BCUT2D eigenvalue weighted by molar-refractivity contribution is 5.95. The fraction of sp³-hybridized carbons (Fsp3) is 0.391. The molecule has 1 heterocycles. The Morgan fingerprint density at radius 2 is 1.69 bits per heavy atom. The fourth-order valence-corrected chi connectivity index (χ4v) is 3.59. The number of rotatable bonds is 7. The van der Waals surface area contributed by atoms with Crippen molar-refractivity contribution in [3.8, 4) is 11.5 Å². The summed E-state index contributed by atoms with van der Waals surface area (Å²) in [5, 5.41) is 3.03. The van der Waals surface area contributed by atoms with Crippen molar-refractivity contribution in [3.63, 3.8) is 0 Å². The van der Waals surface area contributed by atoms with Gasteiger partial charge in [0, 0.05) is 25.2 Å². The molecule has 1 N–H and O–H groups in total. The standard InChI is InChI=1S/C23H28N2O4/c1-28-20-9-8-19(15-21(20)29-2)23(27)25-12-10-18(11-13-25)16-24-22(26)14-17-6-4-3-5-7-17/h3-9,15,18H,10-14,16H2,1-2H3,(H,24,26). The Labute approximate surface area is 171 Å². The minimum atomic E-state index is -0.00230. The van der Waals surface area contributed by atoms with Gasteiger partial charge in [0.1, 0.15) is 0 Å². The number of benzene rings is 2. The Hall–Kier alpha value is -3.02. The van der Waals surface area contributed by atoms with Gasteiger partial charge in [0.2, 0.25) is 5.91 Å². The van der Waals surface area contributed by atoms with Crippen molar-refractivity contribution >= 4 is 11.8 Å². The first-order valence-electron chi connectivity index (χ1n) is 9.92. The summed E-state index contributed by atoms with van der Waals surface area (Å²) >= 11 is 0. The van der Waals surface area contributed by atoms with E-state index in [9.17, 15) is 9.59 Å². The minimum Gasteiger partial charge on any atom is -0.493 e. The van der Waals surface area contributed by atoms with Gasteiger partial charge in [0.05, 0.1) is 20.6 Å². The molecular weight excluding hydrogens is 368 g/mol. The van der Waals surface area contributed by atoms with Crippen LogP contribution < -0.4 is 14.8 Å². The zero-order valence-corrected chi connectivity index (χ0v) is 17.0. The summed E-state index contributed by atoms with van der Waals surface area (Å²) in [7, 11) is 3.13. The first-order valence-corrected chi connectivity index (χ1v) is 9.92. The van der Waals surface area contributed by atoms with E-state index in [1.54, 1.807) is 32.4 Å². The van der Waals surface area contributed by atoms with Gasteiger partial charge in [-0.2, -0.15) is 0 Å². The van der Waals surface area contributed by atoms with Crippen molar-refractivity contribution in [2.75, 3.05) is 33.9 Å². The molecule has 2 aromatic rings. The number of hydrogen-bond acceptors (Lipinski definition) is 4. The Balaban J connectivity index is 1.46. The third kappa shape index (κ3) is 5.50. The monoisotopic (exact) mass is 396 g/mol. The summed E-state index contributed by atoms with van der Waals surface area (Å²) in [6, 6.07) is 15.0. The quantitative estimate of drug-likeness (QED) is 0.781. The zero-order valence-electron chi connectivity index (χ0n) is 17.0. The molecule has 1 saturated heterocycles. The van der Waals surface area contributed by atoms with Crippen LogP contribution in [0.5, 0.6) is 11.5 Å². The molecule has 0 unspecified atom stereocenters. The predicted octanol–water partition coefficient (Wildman–Crippen LogP) is 2.91. The molecule has 0 radical (unpaired) electrons. The number of carbonyl (C=O) groups excluding carboxylic acids is 2. The molecule has 1 aliphatic rings. The van der Waals surface area contributed by atoms with E-state index in [0.29, 0.717) is 49.0 Å². The summed E-state index contributed by atoms with van der Waals surface area (Å²) in [5.41, 5.74) is 1.61. The smallest absolute Gasteiger partial charge is 0.253 e. The third-order valence-electron chi connectivity index (χ3n) is 5.33. The number of likely N-dealkylation sites (tertiary alicyclic amines) is 1. The molecule has 2 amide bonds. The van der Waals surface area contributed by atoms with Crippen molar-refractivity contribution < 1.29 is 19.1 Å². The van der Waals surface area contributed by atoms with Gasteiger partial charge in [0.25, 0.3) is 5.91 Å². The highest BCUT2D eigenvalue weighted by Crippen LogP contribution is 2.28. The molecule has 154 valence electrons. The number of amides is 2. The maximum atomic E-state index is 12.8. The molecule has 2 aromatic carbocycles. The summed E-state index contributed by atoms with van der Waals surface area (Å²) in [6.45, 7) is 2.03. The number of ether oxygens (including phenoxy) is 2. The van der Waals surface area contributed by atoms with E-state index in [2.05, 4.69) is 5.32 Å². The van der Waals surface area contributed by atoms with Crippen LogP contribution in [-0.2, 0) is 11.2 Å². The van der Waals surface area contributed by atoms with Gasteiger partial charge in [0.15, 0.2) is 11.5 Å². The van der Waals surface area contributed by atoms with E-state index in [4.69, 9.17) is 9.47 Å². The van der Waals surface area contributed by atoms with E-state index in [1.165, 1.54) is 0 Å². The van der Waals surface area contributed by atoms with Gasteiger partial charge in [-0.25, -0.2) is 0 Å². The zero-order chi connectivity index (χ0) is 20.6. The van der Waals surface area contributed by atoms with Gasteiger partial charge < -0.3 is 19.7 Å². The van der Waals surface area contributed by atoms with Gasteiger partial charge >= 0.3 is 0 Å². The average Bonchev–Trinajstić information content (AvgIpc) is 2.77. The van der Waals surface area contributed by atoms with Crippen molar-refractivity contribution in [1.82, 2.24) is 10.2 Å². The van der Waals surface area contributed by atoms with Crippen LogP contribution in [0.1, 0.15) is 28.8 Å². The fourth-order valence-electron chi connectivity index (χ4n) is 3.59. The van der Waals surface area contributed by atoms with Crippen LogP contribution in [-0.4, -0.2) is 50.6 Å². The lowest BCUT2D eigenvalue weighted by Gasteiger charge is -2.32. The average molecular weight is 396 g/mol. The summed E-state index contributed by atoms with van der Waals surface area (Å²) < 4.78 is 10.5. The van der Waals surface area contributed by atoms with Gasteiger partial charge in [-0.05, 0) is 42.5 Å². The van der Waals surface area contributed by atoms with E-state index in [1.807, 2.05) is 35.2 Å². The van der Waals surface area contributed by atoms with Crippen LogP contribution in [0, 0.1) is 5.92 Å². The molecule has 0 bridgehead atoms. The first kappa shape index (κ1) is 20.7. The summed E-state index contributed by atoms with van der Waals surface area (Å²) in [6.07, 6.45) is 2.16. The number of hydrogen-bond donors (Lipinski definition) is 1. The van der Waals surface area contributed by atoms with Gasteiger partial charge in [-0.15, -0.1) is 0 Å². The lowest BCUT2D eigenvalue weighted by atomic mass is 9.96. The Morgan fingerprint density at radius 1 is 1.00 bits per heavy atom. The number of methoxy groups -OCH3 is 2. The normalized spacial score (nSPS) is 14.3. The summed E-state index contributed by atoms with van der Waals surface area (Å²) in [5.74, 6) is 1.59. The minimum absolute atomic E-state index is 0.00230. The number of nitrogens with zero attached hydrogens (tertiary/aromatic N) is 1. The van der Waals surface area contributed by atoms with Crippen molar-refractivity contribution in [2.45, 2.75) is 19.3 Å². The molecule has 1 fully saturated rings. The molecule has 6 heteroatoms. The van der Waals surface area contributed by atoms with Gasteiger partial charge in [-0.3, -0.25) is 9.59 Å². The molecule has 0 spiro atoms. The van der Waals surface area contributed by atoms with Crippen molar-refractivity contribution in [2.24, 2.45) is 5.92 Å². The Morgan fingerprint density at radius 3 is 2.34 bits per heavy atom. The second kappa shape index (κ2) is 9.96. The van der Waals surface area contributed by atoms with Crippen molar-refractivity contribution in [1.29, 1.82) is 0 Å². The van der Waals surface area contributed by atoms with E-state index in [-0.39, 0.29) is 11.8 Å². The van der Waals surface area contributed by atoms with Crippen LogP contribution in [0.25, 0.3) is 0 Å². The van der Waals surface area contributed by atoms with Crippen LogP contribution in [0.4, 0.5) is 0 Å². The number of piperidine rings is 1. The maximum Gasteiger partial charge on any atom is 0.253 e. The number of carbonyl (C=O) groups is 2. The van der Waals surface area contributed by atoms with E-state index < -0.39 is 0 Å². The second-order valence-corrected chi connectivity index (χ2v) is 7.27. The molecule has 0 aliphatic carbocycles.